The lowest BCUT2D eigenvalue weighted by Gasteiger charge is -2.13. The molecule has 0 fully saturated rings. The molecule has 0 radical (unpaired) electrons. The first-order valence-corrected chi connectivity index (χ1v) is 11.9. The van der Waals surface area contributed by atoms with E-state index in [4.69, 9.17) is 0 Å². The Morgan fingerprint density at radius 1 is 0.400 bits per heavy atom. The van der Waals surface area contributed by atoms with Gasteiger partial charge in [-0.3, -0.25) is 0 Å². The van der Waals surface area contributed by atoms with Gasteiger partial charge in [0.05, 0.1) is 22.8 Å². The summed E-state index contributed by atoms with van der Waals surface area (Å²) in [4.78, 5) is 0. The van der Waals surface area contributed by atoms with Gasteiger partial charge in [0, 0.05) is 24.0 Å². The normalized spacial score (nSPS) is 14.9. The minimum Gasteiger partial charge on any atom is -0.154 e. The SMILES string of the molecule is c1ccc(C2=NN=C(c3ccccc3Cc3ccccc3C3=NN=C(c4ccccc4)C3)C2)cc1. The van der Waals surface area contributed by atoms with Gasteiger partial charge in [-0.05, 0) is 28.7 Å². The number of rotatable bonds is 6. The van der Waals surface area contributed by atoms with Crippen LogP contribution in [-0.2, 0) is 6.42 Å². The van der Waals surface area contributed by atoms with Crippen molar-refractivity contribution >= 4 is 22.8 Å². The first-order chi connectivity index (χ1) is 17.3. The first kappa shape index (κ1) is 21.1. The highest BCUT2D eigenvalue weighted by atomic mass is 15.2. The maximum atomic E-state index is 4.57. The highest BCUT2D eigenvalue weighted by molar-refractivity contribution is 6.21. The third kappa shape index (κ3) is 4.38. The summed E-state index contributed by atoms with van der Waals surface area (Å²) >= 11 is 0. The van der Waals surface area contributed by atoms with E-state index in [1.807, 2.05) is 36.4 Å². The number of hydrogen-bond donors (Lipinski definition) is 0. The van der Waals surface area contributed by atoms with Crippen LogP contribution in [0.15, 0.2) is 130 Å². The Morgan fingerprint density at radius 2 is 0.771 bits per heavy atom. The maximum Gasteiger partial charge on any atom is 0.0766 e. The average molecular weight is 453 g/mol. The van der Waals surface area contributed by atoms with Crippen LogP contribution < -0.4 is 0 Å². The van der Waals surface area contributed by atoms with E-state index in [0.717, 1.165) is 64.4 Å². The molecule has 4 heteroatoms. The summed E-state index contributed by atoms with van der Waals surface area (Å²) in [5.74, 6) is 0. The molecule has 4 aromatic carbocycles. The van der Waals surface area contributed by atoms with E-state index in [-0.39, 0.29) is 0 Å². The summed E-state index contributed by atoms with van der Waals surface area (Å²) in [5.41, 5.74) is 11.1. The van der Waals surface area contributed by atoms with Crippen molar-refractivity contribution in [2.75, 3.05) is 0 Å². The van der Waals surface area contributed by atoms with Crippen LogP contribution in [0.25, 0.3) is 0 Å². The van der Waals surface area contributed by atoms with Gasteiger partial charge in [0.25, 0.3) is 0 Å². The van der Waals surface area contributed by atoms with Gasteiger partial charge < -0.3 is 0 Å². The standard InChI is InChI=1S/C31H24N4/c1-3-11-22(12-4-1)28-20-30(34-32-28)26-17-9-7-15-24(26)19-25-16-8-10-18-27(25)31-21-29(33-35-31)23-13-5-2-6-14-23/h1-18H,19-21H2. The van der Waals surface area contributed by atoms with Crippen molar-refractivity contribution in [1.82, 2.24) is 0 Å². The number of nitrogens with zero attached hydrogens (tertiary/aromatic N) is 4. The second-order valence-electron chi connectivity index (χ2n) is 8.76. The van der Waals surface area contributed by atoms with Crippen LogP contribution in [0.2, 0.25) is 0 Å². The summed E-state index contributed by atoms with van der Waals surface area (Å²) < 4.78 is 0. The molecule has 6 rings (SSSR count). The molecule has 4 nitrogen and oxygen atoms in total. The summed E-state index contributed by atoms with van der Waals surface area (Å²) in [6.07, 6.45) is 2.28. The lowest BCUT2D eigenvalue weighted by atomic mass is 9.90. The lowest BCUT2D eigenvalue weighted by molar-refractivity contribution is 1.16. The lowest BCUT2D eigenvalue weighted by Crippen LogP contribution is -2.11. The molecule has 35 heavy (non-hydrogen) atoms. The quantitative estimate of drug-likeness (QED) is 0.322. The van der Waals surface area contributed by atoms with Crippen LogP contribution in [0.5, 0.6) is 0 Å². The molecular weight excluding hydrogens is 428 g/mol. The molecule has 168 valence electrons. The van der Waals surface area contributed by atoms with Gasteiger partial charge in [-0.25, -0.2) is 0 Å². The summed E-state index contributed by atoms with van der Waals surface area (Å²) in [6, 6.07) is 37.6. The highest BCUT2D eigenvalue weighted by Gasteiger charge is 2.21. The Hall–Kier alpha value is -4.44. The molecular formula is C31H24N4. The van der Waals surface area contributed by atoms with Crippen LogP contribution in [0.1, 0.15) is 46.2 Å². The number of benzene rings is 4. The molecule has 2 aliphatic rings. The molecule has 0 unspecified atom stereocenters. The van der Waals surface area contributed by atoms with E-state index in [1.54, 1.807) is 0 Å². The average Bonchev–Trinajstić information content (AvgIpc) is 3.61. The molecule has 0 N–H and O–H groups in total. The second kappa shape index (κ2) is 9.43. The minimum atomic E-state index is 0.740. The van der Waals surface area contributed by atoms with Crippen LogP contribution in [-0.4, -0.2) is 22.8 Å². The van der Waals surface area contributed by atoms with Crippen LogP contribution in [0, 0.1) is 0 Å². The maximum absolute atomic E-state index is 4.57. The molecule has 0 aliphatic carbocycles. The van der Waals surface area contributed by atoms with E-state index >= 15 is 0 Å². The van der Waals surface area contributed by atoms with Crippen LogP contribution in [0.3, 0.4) is 0 Å². The zero-order valence-electron chi connectivity index (χ0n) is 19.3. The molecule has 0 aromatic heterocycles. The number of hydrogen-bond acceptors (Lipinski definition) is 4. The highest BCUT2D eigenvalue weighted by Crippen LogP contribution is 2.25. The molecule has 0 saturated carbocycles. The summed E-state index contributed by atoms with van der Waals surface area (Å²) in [6.45, 7) is 0. The molecule has 0 atom stereocenters. The van der Waals surface area contributed by atoms with E-state index in [9.17, 15) is 0 Å². The van der Waals surface area contributed by atoms with Gasteiger partial charge in [0.1, 0.15) is 0 Å². The van der Waals surface area contributed by atoms with Crippen molar-refractivity contribution in [3.63, 3.8) is 0 Å². The van der Waals surface area contributed by atoms with Crippen molar-refractivity contribution in [2.45, 2.75) is 19.3 Å². The molecule has 0 saturated heterocycles. The molecule has 2 heterocycles. The van der Waals surface area contributed by atoms with Crippen molar-refractivity contribution < 1.29 is 0 Å². The van der Waals surface area contributed by atoms with Gasteiger partial charge >= 0.3 is 0 Å². The molecule has 4 aromatic rings. The third-order valence-electron chi connectivity index (χ3n) is 6.50. The largest absolute Gasteiger partial charge is 0.154 e. The Kier molecular flexibility index (Phi) is 5.69. The van der Waals surface area contributed by atoms with Crippen molar-refractivity contribution in [1.29, 1.82) is 0 Å². The molecule has 0 spiro atoms. The zero-order valence-corrected chi connectivity index (χ0v) is 19.3. The van der Waals surface area contributed by atoms with Crippen molar-refractivity contribution in [3.8, 4) is 0 Å². The minimum absolute atomic E-state index is 0.740. The summed E-state index contributed by atoms with van der Waals surface area (Å²) in [5, 5.41) is 18.1. The Balaban J connectivity index is 1.24. The van der Waals surface area contributed by atoms with E-state index in [2.05, 4.69) is 93.2 Å². The van der Waals surface area contributed by atoms with Gasteiger partial charge in [-0.15, -0.1) is 0 Å². The smallest absolute Gasteiger partial charge is 0.0766 e. The fraction of sp³-hybridized carbons (Fsp3) is 0.0968. The van der Waals surface area contributed by atoms with E-state index in [0.29, 0.717) is 0 Å². The third-order valence-corrected chi connectivity index (χ3v) is 6.50. The zero-order chi connectivity index (χ0) is 23.5. The molecule has 0 bridgehead atoms. The Bertz CT molecular complexity index is 1380. The first-order valence-electron chi connectivity index (χ1n) is 11.9. The second-order valence-corrected chi connectivity index (χ2v) is 8.76. The monoisotopic (exact) mass is 452 g/mol. The fourth-order valence-corrected chi connectivity index (χ4v) is 4.70. The molecule has 0 amide bonds. The molecule has 2 aliphatic heterocycles. The van der Waals surface area contributed by atoms with E-state index in [1.165, 1.54) is 11.1 Å². The Labute approximate surface area is 205 Å². The topological polar surface area (TPSA) is 49.4 Å². The van der Waals surface area contributed by atoms with Crippen molar-refractivity contribution in [2.24, 2.45) is 20.4 Å². The van der Waals surface area contributed by atoms with Gasteiger partial charge in [0.2, 0.25) is 0 Å². The van der Waals surface area contributed by atoms with Gasteiger partial charge in [0.15, 0.2) is 0 Å². The Morgan fingerprint density at radius 3 is 1.23 bits per heavy atom. The van der Waals surface area contributed by atoms with Gasteiger partial charge in [-0.1, -0.05) is 109 Å². The van der Waals surface area contributed by atoms with Crippen molar-refractivity contribution in [3.05, 3.63) is 143 Å². The van der Waals surface area contributed by atoms with Gasteiger partial charge in [-0.2, -0.15) is 20.4 Å². The predicted molar refractivity (Wildman–Crippen MR) is 144 cm³/mol. The van der Waals surface area contributed by atoms with E-state index < -0.39 is 0 Å². The fourth-order valence-electron chi connectivity index (χ4n) is 4.70. The van der Waals surface area contributed by atoms with Crippen LogP contribution in [0.4, 0.5) is 0 Å². The summed E-state index contributed by atoms with van der Waals surface area (Å²) in [7, 11) is 0. The predicted octanol–water partition coefficient (Wildman–Crippen LogP) is 6.47. The van der Waals surface area contributed by atoms with Crippen LogP contribution >= 0.6 is 0 Å².